The molecule has 0 unspecified atom stereocenters. The zero-order chi connectivity index (χ0) is 19.3. The summed E-state index contributed by atoms with van der Waals surface area (Å²) in [6.07, 6.45) is 0. The lowest BCUT2D eigenvalue weighted by Gasteiger charge is -2.09. The third-order valence-electron chi connectivity index (χ3n) is 3.39. The molecule has 0 saturated heterocycles. The van der Waals surface area contributed by atoms with E-state index in [1.54, 1.807) is 0 Å². The largest absolute Gasteiger partial charge is 0.465 e. The third kappa shape index (κ3) is 4.67. The number of methoxy groups -OCH3 is 1. The normalized spacial score (nSPS) is 9.96. The summed E-state index contributed by atoms with van der Waals surface area (Å²) < 4.78 is 4.59. The number of anilines is 2. The van der Waals surface area contributed by atoms with Gasteiger partial charge in [-0.3, -0.25) is 14.4 Å². The van der Waals surface area contributed by atoms with E-state index >= 15 is 0 Å². The maximum atomic E-state index is 12.0. The first kappa shape index (κ1) is 19.1. The molecular weight excluding hydrogens is 360 g/mol. The van der Waals surface area contributed by atoms with Crippen LogP contribution in [0.4, 0.5) is 11.4 Å². The van der Waals surface area contributed by atoms with Gasteiger partial charge in [-0.1, -0.05) is 11.6 Å². The fourth-order valence-corrected chi connectivity index (χ4v) is 2.19. The summed E-state index contributed by atoms with van der Waals surface area (Å²) in [6, 6.07) is 10.2. The Morgan fingerprint density at radius 1 is 0.885 bits per heavy atom. The van der Waals surface area contributed by atoms with Crippen LogP contribution in [-0.2, 0) is 14.3 Å². The van der Waals surface area contributed by atoms with Gasteiger partial charge in [0.05, 0.1) is 23.4 Å². The number of ketones is 1. The van der Waals surface area contributed by atoms with E-state index in [9.17, 15) is 19.2 Å². The van der Waals surface area contributed by atoms with Crippen molar-refractivity contribution in [1.29, 1.82) is 0 Å². The fourth-order valence-electron chi connectivity index (χ4n) is 2.02. The van der Waals surface area contributed by atoms with Crippen LogP contribution >= 0.6 is 11.6 Å². The number of carbonyl (C=O) groups excluding carboxylic acids is 4. The molecule has 0 spiro atoms. The standard InChI is InChI=1S/C18H15ClN2O5/c1-10(22)11-3-6-13(7-4-11)20-16(23)17(24)21-15-9-12(18(25)26-2)5-8-14(15)19/h3-9H,1-2H3,(H,20,23)(H,21,24). The fraction of sp³-hybridized carbons (Fsp3) is 0.111. The Labute approximate surface area is 154 Å². The van der Waals surface area contributed by atoms with Crippen molar-refractivity contribution in [3.8, 4) is 0 Å². The van der Waals surface area contributed by atoms with E-state index in [0.29, 0.717) is 11.3 Å². The number of rotatable bonds is 4. The number of esters is 1. The van der Waals surface area contributed by atoms with Gasteiger partial charge in [-0.2, -0.15) is 0 Å². The van der Waals surface area contributed by atoms with Gasteiger partial charge in [-0.05, 0) is 49.4 Å². The highest BCUT2D eigenvalue weighted by Crippen LogP contribution is 2.23. The minimum absolute atomic E-state index is 0.0987. The number of nitrogens with one attached hydrogen (secondary N) is 2. The summed E-state index contributed by atoms with van der Waals surface area (Å²) in [6.45, 7) is 1.42. The van der Waals surface area contributed by atoms with Gasteiger partial charge in [0, 0.05) is 11.3 Å². The van der Waals surface area contributed by atoms with Crippen molar-refractivity contribution < 1.29 is 23.9 Å². The maximum Gasteiger partial charge on any atom is 0.337 e. The topological polar surface area (TPSA) is 102 Å². The first-order valence-corrected chi connectivity index (χ1v) is 7.81. The first-order chi connectivity index (χ1) is 12.3. The van der Waals surface area contributed by atoms with Gasteiger partial charge >= 0.3 is 17.8 Å². The van der Waals surface area contributed by atoms with Gasteiger partial charge in [0.1, 0.15) is 0 Å². The van der Waals surface area contributed by atoms with Crippen molar-refractivity contribution in [3.05, 3.63) is 58.6 Å². The second-order valence-corrected chi connectivity index (χ2v) is 5.64. The van der Waals surface area contributed by atoms with Crippen LogP contribution < -0.4 is 10.6 Å². The molecule has 0 saturated carbocycles. The molecule has 0 aromatic heterocycles. The molecule has 2 aromatic rings. The molecule has 26 heavy (non-hydrogen) atoms. The predicted molar refractivity (Wildman–Crippen MR) is 96.5 cm³/mol. The number of hydrogen-bond acceptors (Lipinski definition) is 5. The number of hydrogen-bond donors (Lipinski definition) is 2. The third-order valence-corrected chi connectivity index (χ3v) is 3.72. The van der Waals surface area contributed by atoms with Crippen molar-refractivity contribution in [2.24, 2.45) is 0 Å². The van der Waals surface area contributed by atoms with Crippen LogP contribution in [0.3, 0.4) is 0 Å². The van der Waals surface area contributed by atoms with Crippen LogP contribution in [-0.4, -0.2) is 30.7 Å². The SMILES string of the molecule is COC(=O)c1ccc(Cl)c(NC(=O)C(=O)Nc2ccc(C(C)=O)cc2)c1. The molecule has 2 rings (SSSR count). The number of benzene rings is 2. The van der Waals surface area contributed by atoms with E-state index in [-0.39, 0.29) is 22.1 Å². The average Bonchev–Trinajstić information content (AvgIpc) is 2.63. The Balaban J connectivity index is 2.08. The average molecular weight is 375 g/mol. The smallest absolute Gasteiger partial charge is 0.337 e. The van der Waals surface area contributed by atoms with Crippen molar-refractivity contribution in [2.75, 3.05) is 17.7 Å². The molecule has 0 heterocycles. The zero-order valence-corrected chi connectivity index (χ0v) is 14.7. The van der Waals surface area contributed by atoms with Gasteiger partial charge < -0.3 is 15.4 Å². The van der Waals surface area contributed by atoms with E-state index < -0.39 is 17.8 Å². The minimum atomic E-state index is -0.968. The molecule has 134 valence electrons. The molecule has 7 nitrogen and oxygen atoms in total. The Bertz CT molecular complexity index is 878. The highest BCUT2D eigenvalue weighted by molar-refractivity contribution is 6.44. The van der Waals surface area contributed by atoms with E-state index in [0.717, 1.165) is 0 Å². The molecule has 2 N–H and O–H groups in total. The quantitative estimate of drug-likeness (QED) is 0.486. The molecular formula is C18H15ClN2O5. The Hall–Kier alpha value is -3.19. The molecule has 0 aliphatic rings. The highest BCUT2D eigenvalue weighted by atomic mass is 35.5. The van der Waals surface area contributed by atoms with Crippen LogP contribution in [0.15, 0.2) is 42.5 Å². The van der Waals surface area contributed by atoms with Crippen molar-refractivity contribution >= 4 is 46.5 Å². The molecule has 8 heteroatoms. The van der Waals surface area contributed by atoms with E-state index in [1.807, 2.05) is 0 Å². The van der Waals surface area contributed by atoms with Crippen LogP contribution in [0.2, 0.25) is 5.02 Å². The number of halogens is 1. The van der Waals surface area contributed by atoms with Gasteiger partial charge in [-0.25, -0.2) is 4.79 Å². The lowest BCUT2D eigenvalue weighted by Crippen LogP contribution is -2.29. The number of carbonyl (C=O) groups is 4. The van der Waals surface area contributed by atoms with E-state index in [1.165, 1.54) is 56.5 Å². The lowest BCUT2D eigenvalue weighted by molar-refractivity contribution is -0.132. The molecule has 0 bridgehead atoms. The van der Waals surface area contributed by atoms with Crippen LogP contribution in [0.25, 0.3) is 0 Å². The predicted octanol–water partition coefficient (Wildman–Crippen LogP) is 2.91. The zero-order valence-electron chi connectivity index (χ0n) is 14.0. The molecule has 2 aromatic carbocycles. The Morgan fingerprint density at radius 2 is 1.46 bits per heavy atom. The minimum Gasteiger partial charge on any atom is -0.465 e. The monoisotopic (exact) mass is 374 g/mol. The molecule has 0 aliphatic carbocycles. The van der Waals surface area contributed by atoms with Crippen molar-refractivity contribution in [1.82, 2.24) is 0 Å². The summed E-state index contributed by atoms with van der Waals surface area (Å²) in [7, 11) is 1.22. The number of ether oxygens (including phenoxy) is 1. The lowest BCUT2D eigenvalue weighted by atomic mass is 10.1. The highest BCUT2D eigenvalue weighted by Gasteiger charge is 2.17. The van der Waals surface area contributed by atoms with E-state index in [2.05, 4.69) is 15.4 Å². The van der Waals surface area contributed by atoms with Gasteiger partial charge in [0.15, 0.2) is 5.78 Å². The van der Waals surface area contributed by atoms with Crippen molar-refractivity contribution in [3.63, 3.8) is 0 Å². The van der Waals surface area contributed by atoms with Crippen LogP contribution in [0.5, 0.6) is 0 Å². The molecule has 0 fully saturated rings. The van der Waals surface area contributed by atoms with Crippen LogP contribution in [0, 0.1) is 0 Å². The summed E-state index contributed by atoms with van der Waals surface area (Å²) in [5, 5.41) is 4.89. The second kappa shape index (κ2) is 8.26. The Morgan fingerprint density at radius 3 is 2.04 bits per heavy atom. The van der Waals surface area contributed by atoms with Gasteiger partial charge in [-0.15, -0.1) is 0 Å². The van der Waals surface area contributed by atoms with Crippen LogP contribution in [0.1, 0.15) is 27.6 Å². The number of Topliss-reactive ketones (excluding diaryl/α,β-unsaturated/α-hetero) is 1. The molecule has 0 aliphatic heterocycles. The summed E-state index contributed by atoms with van der Waals surface area (Å²) >= 11 is 5.97. The van der Waals surface area contributed by atoms with Gasteiger partial charge in [0.2, 0.25) is 0 Å². The molecule has 0 atom stereocenters. The second-order valence-electron chi connectivity index (χ2n) is 5.23. The summed E-state index contributed by atoms with van der Waals surface area (Å²) in [5.74, 6) is -2.61. The number of amides is 2. The summed E-state index contributed by atoms with van der Waals surface area (Å²) in [4.78, 5) is 46.8. The van der Waals surface area contributed by atoms with Gasteiger partial charge in [0.25, 0.3) is 0 Å². The van der Waals surface area contributed by atoms with Crippen molar-refractivity contribution in [2.45, 2.75) is 6.92 Å². The molecule has 0 radical (unpaired) electrons. The Kier molecular flexibility index (Phi) is 6.08. The van der Waals surface area contributed by atoms with E-state index in [4.69, 9.17) is 11.6 Å². The molecule has 2 amide bonds. The maximum absolute atomic E-state index is 12.0. The first-order valence-electron chi connectivity index (χ1n) is 7.43. The summed E-state index contributed by atoms with van der Waals surface area (Å²) in [5.41, 5.74) is 1.11.